The average molecular weight is 349 g/mol. The number of aliphatic hydroxyl groups is 1. The summed E-state index contributed by atoms with van der Waals surface area (Å²) in [7, 11) is 0. The van der Waals surface area contributed by atoms with Crippen molar-refractivity contribution in [2.45, 2.75) is 57.7 Å². The topological polar surface area (TPSA) is 66.7 Å². The van der Waals surface area contributed by atoms with Crippen molar-refractivity contribution in [3.8, 4) is 0 Å². The lowest BCUT2D eigenvalue weighted by atomic mass is 9.71. The zero-order valence-electron chi connectivity index (χ0n) is 15.3. The molecule has 1 aromatic rings. The maximum Gasteiger partial charge on any atom is 0.223 e. The van der Waals surface area contributed by atoms with Gasteiger partial charge < -0.3 is 14.7 Å². The molecule has 1 N–H and O–H groups in total. The van der Waals surface area contributed by atoms with Crippen LogP contribution in [-0.4, -0.2) is 76.3 Å². The number of rotatable bonds is 3. The van der Waals surface area contributed by atoms with Crippen LogP contribution in [0.25, 0.3) is 0 Å². The van der Waals surface area contributed by atoms with Gasteiger partial charge in [-0.15, -0.1) is 0 Å². The van der Waals surface area contributed by atoms with E-state index < -0.39 is 0 Å². The molecule has 0 saturated carbocycles. The molecule has 4 rings (SSSR count). The summed E-state index contributed by atoms with van der Waals surface area (Å²) in [5.74, 6) is 0.995. The van der Waals surface area contributed by atoms with Crippen LogP contribution in [0.15, 0.2) is 6.33 Å². The van der Waals surface area contributed by atoms with Crippen LogP contribution in [0.3, 0.4) is 0 Å². The van der Waals surface area contributed by atoms with Gasteiger partial charge in [-0.3, -0.25) is 4.90 Å². The van der Waals surface area contributed by atoms with E-state index >= 15 is 0 Å². The van der Waals surface area contributed by atoms with E-state index in [1.165, 1.54) is 0 Å². The minimum atomic E-state index is -0.192. The summed E-state index contributed by atoms with van der Waals surface area (Å²) >= 11 is 0. The number of β-amino-alcohol motifs (C(OH)–C–C–N with tert-alkyl or cyclic N) is 1. The quantitative estimate of drug-likeness (QED) is 0.882. The van der Waals surface area contributed by atoms with E-state index in [9.17, 15) is 5.11 Å². The number of ether oxygens (including phenoxy) is 1. The van der Waals surface area contributed by atoms with Gasteiger partial charge in [0.25, 0.3) is 0 Å². The Hall–Kier alpha value is -1.18. The van der Waals surface area contributed by atoms with Gasteiger partial charge in [0.2, 0.25) is 5.95 Å². The lowest BCUT2D eigenvalue weighted by molar-refractivity contribution is -0.0602. The molecule has 3 fully saturated rings. The average Bonchev–Trinajstić information content (AvgIpc) is 3.11. The van der Waals surface area contributed by atoms with Crippen molar-refractivity contribution in [1.29, 1.82) is 0 Å². The molecule has 4 heterocycles. The molecule has 3 aliphatic heterocycles. The van der Waals surface area contributed by atoms with Crippen LogP contribution in [0.1, 0.15) is 39.0 Å². The molecule has 1 unspecified atom stereocenters. The predicted octanol–water partition coefficient (Wildman–Crippen LogP) is 1.13. The number of hydrogen-bond donors (Lipinski definition) is 1. The summed E-state index contributed by atoms with van der Waals surface area (Å²) in [5.41, 5.74) is 0.254. The van der Waals surface area contributed by atoms with Crippen LogP contribution >= 0.6 is 0 Å². The van der Waals surface area contributed by atoms with Gasteiger partial charge in [-0.1, -0.05) is 0 Å². The fourth-order valence-electron chi connectivity index (χ4n) is 4.99. The monoisotopic (exact) mass is 349 g/mol. The Kier molecular flexibility index (Phi) is 4.97. The number of likely N-dealkylation sites (tertiary alicyclic amines) is 1. The third-order valence-corrected chi connectivity index (χ3v) is 6.36. The first-order chi connectivity index (χ1) is 12.2. The van der Waals surface area contributed by atoms with Crippen molar-refractivity contribution in [1.82, 2.24) is 19.7 Å². The molecule has 25 heavy (non-hydrogen) atoms. The van der Waals surface area contributed by atoms with Crippen molar-refractivity contribution < 1.29 is 9.84 Å². The number of aryl methyl sites for hydroxylation is 1. The minimum absolute atomic E-state index is 0.192. The maximum absolute atomic E-state index is 10.5. The lowest BCUT2D eigenvalue weighted by Gasteiger charge is -2.51. The highest BCUT2D eigenvalue weighted by Gasteiger charge is 2.43. The summed E-state index contributed by atoms with van der Waals surface area (Å²) in [6, 6.07) is 0.585. The smallest absolute Gasteiger partial charge is 0.223 e. The molecule has 7 nitrogen and oxygen atoms in total. The van der Waals surface area contributed by atoms with Crippen LogP contribution in [0.4, 0.5) is 5.95 Å². The molecule has 1 spiro atoms. The van der Waals surface area contributed by atoms with E-state index in [0.29, 0.717) is 6.04 Å². The zero-order valence-corrected chi connectivity index (χ0v) is 15.3. The van der Waals surface area contributed by atoms with Gasteiger partial charge in [-0.05, 0) is 44.4 Å². The third kappa shape index (κ3) is 3.55. The first-order valence-corrected chi connectivity index (χ1v) is 9.82. The van der Waals surface area contributed by atoms with Gasteiger partial charge in [0, 0.05) is 52.0 Å². The number of hydrogen-bond acceptors (Lipinski definition) is 6. The molecule has 0 aromatic carbocycles. The first kappa shape index (κ1) is 17.2. The fraction of sp³-hybridized carbons (Fsp3) is 0.889. The van der Waals surface area contributed by atoms with Gasteiger partial charge in [-0.25, -0.2) is 4.68 Å². The Labute approximate surface area is 150 Å². The van der Waals surface area contributed by atoms with E-state index in [1.807, 2.05) is 4.68 Å². The first-order valence-electron chi connectivity index (χ1n) is 9.82. The van der Waals surface area contributed by atoms with E-state index in [0.717, 1.165) is 84.0 Å². The lowest BCUT2D eigenvalue weighted by Crippen LogP contribution is -2.57. The van der Waals surface area contributed by atoms with Gasteiger partial charge in [0.1, 0.15) is 6.33 Å². The molecule has 0 bridgehead atoms. The van der Waals surface area contributed by atoms with Gasteiger partial charge in [0.05, 0.1) is 6.10 Å². The SMILES string of the molecule is CCn1ncnc1N1CCC2(CC1)CC(O)CN(C1CCOCC1)C2. The van der Waals surface area contributed by atoms with Crippen LogP contribution in [-0.2, 0) is 11.3 Å². The summed E-state index contributed by atoms with van der Waals surface area (Å²) < 4.78 is 7.49. The Balaban J connectivity index is 1.42. The van der Waals surface area contributed by atoms with Gasteiger partial charge in [-0.2, -0.15) is 10.1 Å². The second-order valence-electron chi connectivity index (χ2n) is 7.99. The molecule has 3 aliphatic rings. The zero-order chi connectivity index (χ0) is 17.3. The molecule has 0 aliphatic carbocycles. The Morgan fingerprint density at radius 1 is 1.28 bits per heavy atom. The Bertz CT molecular complexity index is 564. The van der Waals surface area contributed by atoms with E-state index in [-0.39, 0.29) is 11.5 Å². The molecule has 1 aromatic heterocycles. The third-order valence-electron chi connectivity index (χ3n) is 6.36. The van der Waals surface area contributed by atoms with E-state index in [4.69, 9.17) is 4.74 Å². The van der Waals surface area contributed by atoms with Crippen molar-refractivity contribution in [2.24, 2.45) is 5.41 Å². The van der Waals surface area contributed by atoms with Crippen LogP contribution in [0, 0.1) is 5.41 Å². The van der Waals surface area contributed by atoms with Crippen LogP contribution in [0.2, 0.25) is 0 Å². The van der Waals surface area contributed by atoms with Crippen molar-refractivity contribution >= 4 is 5.95 Å². The summed E-state index contributed by atoms with van der Waals surface area (Å²) in [6.07, 6.45) is 6.87. The second-order valence-corrected chi connectivity index (χ2v) is 7.99. The van der Waals surface area contributed by atoms with Gasteiger partial charge in [0.15, 0.2) is 0 Å². The van der Waals surface area contributed by atoms with Crippen molar-refractivity contribution in [3.63, 3.8) is 0 Å². The maximum atomic E-state index is 10.5. The molecular formula is C18H31N5O2. The summed E-state index contributed by atoms with van der Waals surface area (Å²) in [4.78, 5) is 9.37. The number of aromatic nitrogens is 3. The molecule has 140 valence electrons. The Morgan fingerprint density at radius 3 is 2.76 bits per heavy atom. The van der Waals surface area contributed by atoms with Crippen molar-refractivity contribution in [2.75, 3.05) is 44.3 Å². The van der Waals surface area contributed by atoms with E-state index in [1.54, 1.807) is 6.33 Å². The molecule has 3 saturated heterocycles. The largest absolute Gasteiger partial charge is 0.392 e. The normalized spacial score (nSPS) is 28.6. The molecule has 1 atom stereocenters. The standard InChI is InChI=1S/C18H31N5O2/c1-2-23-17(19-14-20-23)21-7-5-18(6-8-21)11-16(24)12-22(13-18)15-3-9-25-10-4-15/h14-16,24H,2-13H2,1H3. The van der Waals surface area contributed by atoms with Crippen LogP contribution in [0.5, 0.6) is 0 Å². The fourth-order valence-corrected chi connectivity index (χ4v) is 4.99. The predicted molar refractivity (Wildman–Crippen MR) is 95.6 cm³/mol. The number of anilines is 1. The summed E-state index contributed by atoms with van der Waals surface area (Å²) in [6.45, 7) is 8.67. The van der Waals surface area contributed by atoms with E-state index in [2.05, 4.69) is 26.8 Å². The molecular weight excluding hydrogens is 318 g/mol. The molecule has 0 radical (unpaired) electrons. The Morgan fingerprint density at radius 2 is 2.04 bits per heavy atom. The summed E-state index contributed by atoms with van der Waals surface area (Å²) in [5, 5.41) is 14.8. The highest BCUT2D eigenvalue weighted by molar-refractivity contribution is 5.30. The second kappa shape index (κ2) is 7.21. The molecule has 7 heteroatoms. The van der Waals surface area contributed by atoms with Crippen LogP contribution < -0.4 is 4.90 Å². The molecule has 0 amide bonds. The van der Waals surface area contributed by atoms with Crippen molar-refractivity contribution in [3.05, 3.63) is 6.33 Å². The minimum Gasteiger partial charge on any atom is -0.392 e. The number of nitrogens with zero attached hydrogens (tertiary/aromatic N) is 5. The van der Waals surface area contributed by atoms with Gasteiger partial charge >= 0.3 is 0 Å². The highest BCUT2D eigenvalue weighted by Crippen LogP contribution is 2.41. The highest BCUT2D eigenvalue weighted by atomic mass is 16.5. The number of aliphatic hydroxyl groups excluding tert-OH is 1. The number of piperidine rings is 2.